The van der Waals surface area contributed by atoms with Crippen LogP contribution < -0.4 is 10.6 Å². The molecule has 0 aliphatic heterocycles. The zero-order chi connectivity index (χ0) is 17.9. The second kappa shape index (κ2) is 10.6. The van der Waals surface area contributed by atoms with E-state index in [4.69, 9.17) is 4.74 Å². The van der Waals surface area contributed by atoms with Crippen molar-refractivity contribution in [1.82, 2.24) is 10.6 Å². The topological polar surface area (TPSA) is 67.4 Å². The summed E-state index contributed by atoms with van der Waals surface area (Å²) in [5.74, 6) is -0.372. The van der Waals surface area contributed by atoms with Gasteiger partial charge >= 0.3 is 0 Å². The number of hydrogen-bond donors (Lipinski definition) is 2. The first-order valence-electron chi connectivity index (χ1n) is 8.43. The molecule has 0 saturated heterocycles. The van der Waals surface area contributed by atoms with Gasteiger partial charge < -0.3 is 15.4 Å². The number of rotatable bonds is 10. The number of amides is 2. The molecule has 2 aromatic rings. The Bertz CT molecular complexity index is 644. The maximum atomic E-state index is 12.6. The van der Waals surface area contributed by atoms with E-state index in [1.807, 2.05) is 54.8 Å². The van der Waals surface area contributed by atoms with Crippen LogP contribution in [-0.4, -0.2) is 31.6 Å². The van der Waals surface area contributed by atoms with E-state index in [2.05, 4.69) is 10.6 Å². The van der Waals surface area contributed by atoms with Crippen molar-refractivity contribution in [3.63, 3.8) is 0 Å². The minimum absolute atomic E-state index is 0.166. The number of benzene rings is 1. The van der Waals surface area contributed by atoms with E-state index in [0.29, 0.717) is 19.8 Å². The molecule has 0 unspecified atom stereocenters. The molecule has 0 aliphatic rings. The quantitative estimate of drug-likeness (QED) is 0.640. The molecule has 2 amide bonds. The molecule has 0 spiro atoms. The molecule has 0 saturated carbocycles. The molecule has 1 atom stereocenters. The highest BCUT2D eigenvalue weighted by Gasteiger charge is 2.22. The van der Waals surface area contributed by atoms with E-state index in [-0.39, 0.29) is 18.2 Å². The zero-order valence-electron chi connectivity index (χ0n) is 14.4. The fourth-order valence-electron chi connectivity index (χ4n) is 2.36. The van der Waals surface area contributed by atoms with E-state index in [1.54, 1.807) is 0 Å². The number of thiophene rings is 1. The van der Waals surface area contributed by atoms with Crippen LogP contribution in [0.5, 0.6) is 0 Å². The van der Waals surface area contributed by atoms with Gasteiger partial charge in [-0.2, -0.15) is 0 Å². The molecule has 134 valence electrons. The average Bonchev–Trinajstić information content (AvgIpc) is 3.13. The van der Waals surface area contributed by atoms with Crippen molar-refractivity contribution in [2.45, 2.75) is 25.8 Å². The van der Waals surface area contributed by atoms with Gasteiger partial charge in [0, 0.05) is 24.6 Å². The Labute approximate surface area is 152 Å². The first kappa shape index (κ1) is 19.1. The smallest absolute Gasteiger partial charge is 0.247 e. The lowest BCUT2D eigenvalue weighted by Crippen LogP contribution is -2.41. The zero-order valence-corrected chi connectivity index (χ0v) is 15.2. The van der Waals surface area contributed by atoms with E-state index in [0.717, 1.165) is 16.9 Å². The summed E-state index contributed by atoms with van der Waals surface area (Å²) < 4.78 is 5.26. The van der Waals surface area contributed by atoms with Crippen molar-refractivity contribution < 1.29 is 14.3 Å². The first-order valence-corrected chi connectivity index (χ1v) is 9.30. The van der Waals surface area contributed by atoms with Gasteiger partial charge in [-0.25, -0.2) is 0 Å². The van der Waals surface area contributed by atoms with Crippen molar-refractivity contribution >= 4 is 23.2 Å². The summed E-state index contributed by atoms with van der Waals surface area (Å²) in [5, 5.41) is 7.65. The molecule has 1 aromatic carbocycles. The number of carbonyl (C=O) groups excluding carboxylic acids is 2. The molecule has 25 heavy (non-hydrogen) atoms. The Morgan fingerprint density at radius 2 is 1.96 bits per heavy atom. The van der Waals surface area contributed by atoms with Gasteiger partial charge in [0.15, 0.2) is 0 Å². The average molecular weight is 360 g/mol. The van der Waals surface area contributed by atoms with Crippen LogP contribution in [0, 0.1) is 0 Å². The van der Waals surface area contributed by atoms with Crippen molar-refractivity contribution in [3.05, 3.63) is 58.3 Å². The van der Waals surface area contributed by atoms with Crippen LogP contribution in [0.1, 0.15) is 29.8 Å². The Morgan fingerprint density at radius 1 is 1.16 bits per heavy atom. The Morgan fingerprint density at radius 3 is 2.64 bits per heavy atom. The van der Waals surface area contributed by atoms with Gasteiger partial charge in [0.05, 0.1) is 6.42 Å². The van der Waals surface area contributed by atoms with Crippen molar-refractivity contribution in [3.8, 4) is 0 Å². The molecule has 0 aliphatic carbocycles. The molecule has 1 heterocycles. The largest absolute Gasteiger partial charge is 0.382 e. The summed E-state index contributed by atoms with van der Waals surface area (Å²) in [6.07, 6.45) is 1.02. The number of hydrogen-bond acceptors (Lipinski definition) is 4. The lowest BCUT2D eigenvalue weighted by Gasteiger charge is -2.19. The molecule has 5 nitrogen and oxygen atoms in total. The second-order valence-electron chi connectivity index (χ2n) is 5.51. The van der Waals surface area contributed by atoms with E-state index in [9.17, 15) is 9.59 Å². The molecular formula is C19H24N2O3S. The summed E-state index contributed by atoms with van der Waals surface area (Å²) in [7, 11) is 0. The number of ether oxygens (including phenoxy) is 1. The van der Waals surface area contributed by atoms with Gasteiger partial charge in [-0.15, -0.1) is 11.3 Å². The van der Waals surface area contributed by atoms with E-state index < -0.39 is 6.04 Å². The molecule has 0 fully saturated rings. The normalized spacial score (nSPS) is 11.7. The SMILES string of the molecule is CCOCCCNC(=O)[C@H](NC(=O)Cc1cccs1)c1ccccc1. The minimum Gasteiger partial charge on any atom is -0.382 e. The number of carbonyl (C=O) groups is 2. The van der Waals surface area contributed by atoms with Gasteiger partial charge in [-0.05, 0) is 30.4 Å². The summed E-state index contributed by atoms with van der Waals surface area (Å²) in [5.41, 5.74) is 0.768. The Balaban J connectivity index is 1.95. The van der Waals surface area contributed by atoms with E-state index in [1.165, 1.54) is 11.3 Å². The molecule has 0 bridgehead atoms. The van der Waals surface area contributed by atoms with Crippen LogP contribution in [0.2, 0.25) is 0 Å². The third-order valence-corrected chi connectivity index (χ3v) is 4.46. The van der Waals surface area contributed by atoms with Gasteiger partial charge in [-0.3, -0.25) is 9.59 Å². The molecular weight excluding hydrogens is 336 g/mol. The lowest BCUT2D eigenvalue weighted by atomic mass is 10.1. The van der Waals surface area contributed by atoms with Crippen molar-refractivity contribution in [2.75, 3.05) is 19.8 Å². The summed E-state index contributed by atoms with van der Waals surface area (Å²) in [4.78, 5) is 25.8. The predicted octanol–water partition coefficient (Wildman–Crippen LogP) is 2.69. The molecule has 2 N–H and O–H groups in total. The summed E-state index contributed by atoms with van der Waals surface area (Å²) in [6.45, 7) is 3.73. The monoisotopic (exact) mass is 360 g/mol. The molecule has 6 heteroatoms. The van der Waals surface area contributed by atoms with Gasteiger partial charge in [0.1, 0.15) is 6.04 Å². The van der Waals surface area contributed by atoms with E-state index >= 15 is 0 Å². The summed E-state index contributed by atoms with van der Waals surface area (Å²) in [6, 6.07) is 12.4. The standard InChI is InChI=1S/C19H24N2O3S/c1-2-24-12-7-11-20-19(23)18(15-8-4-3-5-9-15)21-17(22)14-16-10-6-13-25-16/h3-6,8-10,13,18H,2,7,11-12,14H2,1H3,(H,20,23)(H,21,22)/t18-/m1/s1. The maximum absolute atomic E-state index is 12.6. The fraction of sp³-hybridized carbons (Fsp3) is 0.368. The highest BCUT2D eigenvalue weighted by Crippen LogP contribution is 2.14. The highest BCUT2D eigenvalue weighted by molar-refractivity contribution is 7.10. The summed E-state index contributed by atoms with van der Waals surface area (Å²) >= 11 is 1.53. The molecule has 2 rings (SSSR count). The van der Waals surface area contributed by atoms with Crippen molar-refractivity contribution in [1.29, 1.82) is 0 Å². The van der Waals surface area contributed by atoms with Crippen LogP contribution in [0.15, 0.2) is 47.8 Å². The van der Waals surface area contributed by atoms with Gasteiger partial charge in [0.2, 0.25) is 11.8 Å². The number of nitrogens with one attached hydrogen (secondary N) is 2. The van der Waals surface area contributed by atoms with Crippen LogP contribution in [0.4, 0.5) is 0 Å². The van der Waals surface area contributed by atoms with Crippen molar-refractivity contribution in [2.24, 2.45) is 0 Å². The van der Waals surface area contributed by atoms with Crippen LogP contribution in [-0.2, 0) is 20.7 Å². The fourth-order valence-corrected chi connectivity index (χ4v) is 3.06. The highest BCUT2D eigenvalue weighted by atomic mass is 32.1. The Kier molecular flexibility index (Phi) is 8.15. The third kappa shape index (κ3) is 6.68. The van der Waals surface area contributed by atoms with Crippen LogP contribution in [0.25, 0.3) is 0 Å². The Hall–Kier alpha value is -2.18. The van der Waals surface area contributed by atoms with Crippen LogP contribution in [0.3, 0.4) is 0 Å². The minimum atomic E-state index is -0.694. The molecule has 1 aromatic heterocycles. The van der Waals surface area contributed by atoms with Gasteiger partial charge in [-0.1, -0.05) is 36.4 Å². The van der Waals surface area contributed by atoms with Gasteiger partial charge in [0.25, 0.3) is 0 Å². The second-order valence-corrected chi connectivity index (χ2v) is 6.54. The first-order chi connectivity index (χ1) is 12.2. The predicted molar refractivity (Wildman–Crippen MR) is 99.5 cm³/mol. The van der Waals surface area contributed by atoms with Crippen LogP contribution >= 0.6 is 11.3 Å². The molecule has 0 radical (unpaired) electrons. The maximum Gasteiger partial charge on any atom is 0.247 e. The third-order valence-electron chi connectivity index (χ3n) is 3.58. The lowest BCUT2D eigenvalue weighted by molar-refractivity contribution is -0.128.